The summed E-state index contributed by atoms with van der Waals surface area (Å²) in [5.41, 5.74) is 2.32. The first-order chi connectivity index (χ1) is 17.5. The van der Waals surface area contributed by atoms with Crippen LogP contribution in [0.1, 0.15) is 75.8 Å². The highest BCUT2D eigenvalue weighted by atomic mass is 16.5. The number of allylic oxidation sites excluding steroid dienone is 1. The number of unbranched alkanes of at least 4 members (excludes halogenated alkanes) is 5. The normalized spacial score (nSPS) is 12.8. The zero-order chi connectivity index (χ0) is 26.0. The number of benzene rings is 2. The average molecular weight is 495 g/mol. The van der Waals surface area contributed by atoms with Crippen LogP contribution in [0.2, 0.25) is 0 Å². The van der Waals surface area contributed by atoms with Crippen LogP contribution in [-0.2, 0) is 20.7 Å². The van der Waals surface area contributed by atoms with Crippen molar-refractivity contribution in [2.75, 3.05) is 13.7 Å². The first-order valence-electron chi connectivity index (χ1n) is 13.3. The standard InChI is InChI=1S/C31H42O5/c1-3-4-24-36-31(34)29(18-12-7-5-6-9-14-25-15-10-8-11-16-25)28(30(32)33)19-13-17-26-20-22-27(35-2)23-21-26/h8,10-11,13,15-17,20-23,28-29H,3-7,9,12,14,18-19,24H2,1-2H3,(H,32,33)/b17-13+/t28-,29+/m1/s1. The number of carbonyl (C=O) groups excluding carboxylic acids is 1. The smallest absolute Gasteiger partial charge is 0.309 e. The lowest BCUT2D eigenvalue weighted by Crippen LogP contribution is -2.31. The van der Waals surface area contributed by atoms with Crippen LogP contribution in [0.3, 0.4) is 0 Å². The van der Waals surface area contributed by atoms with Gasteiger partial charge in [0.25, 0.3) is 0 Å². The minimum atomic E-state index is -0.949. The predicted octanol–water partition coefficient (Wildman–Crippen LogP) is 7.34. The van der Waals surface area contributed by atoms with Crippen molar-refractivity contribution >= 4 is 18.0 Å². The molecule has 0 aliphatic carbocycles. The monoisotopic (exact) mass is 494 g/mol. The van der Waals surface area contributed by atoms with Crippen molar-refractivity contribution in [1.29, 1.82) is 0 Å². The van der Waals surface area contributed by atoms with Crippen molar-refractivity contribution in [3.63, 3.8) is 0 Å². The molecule has 0 unspecified atom stereocenters. The van der Waals surface area contributed by atoms with E-state index in [1.807, 2.05) is 49.4 Å². The SMILES string of the molecule is CCCCOC(=O)[C@@H](CCCCCCCc1ccccc1)[C@@H](C/C=C/c1ccc(OC)cc1)C(=O)O. The molecule has 1 N–H and O–H groups in total. The van der Waals surface area contributed by atoms with E-state index in [4.69, 9.17) is 9.47 Å². The van der Waals surface area contributed by atoms with Crippen molar-refractivity contribution in [2.45, 2.75) is 71.1 Å². The van der Waals surface area contributed by atoms with E-state index in [-0.39, 0.29) is 12.4 Å². The average Bonchev–Trinajstić information content (AvgIpc) is 2.89. The molecule has 0 amide bonds. The summed E-state index contributed by atoms with van der Waals surface area (Å²) in [7, 11) is 1.62. The number of rotatable bonds is 18. The largest absolute Gasteiger partial charge is 0.497 e. The maximum atomic E-state index is 12.9. The quantitative estimate of drug-likeness (QED) is 0.173. The molecule has 0 spiro atoms. The van der Waals surface area contributed by atoms with E-state index in [1.54, 1.807) is 7.11 Å². The van der Waals surface area contributed by atoms with Gasteiger partial charge in [-0.2, -0.15) is 0 Å². The van der Waals surface area contributed by atoms with Gasteiger partial charge in [-0.15, -0.1) is 0 Å². The molecule has 5 heteroatoms. The summed E-state index contributed by atoms with van der Waals surface area (Å²) >= 11 is 0. The third-order valence-corrected chi connectivity index (χ3v) is 6.49. The highest BCUT2D eigenvalue weighted by Gasteiger charge is 2.33. The molecule has 0 aromatic heterocycles. The van der Waals surface area contributed by atoms with Crippen LogP contribution in [0.15, 0.2) is 60.7 Å². The molecule has 2 aromatic rings. The first-order valence-corrected chi connectivity index (χ1v) is 13.3. The molecule has 0 saturated carbocycles. The minimum Gasteiger partial charge on any atom is -0.497 e. The van der Waals surface area contributed by atoms with Crippen LogP contribution in [0.25, 0.3) is 6.08 Å². The summed E-state index contributed by atoms with van der Waals surface area (Å²) in [4.78, 5) is 25.0. The number of aliphatic carboxylic acids is 1. The number of carboxylic acids is 1. The third kappa shape index (κ3) is 11.1. The van der Waals surface area contributed by atoms with Gasteiger partial charge in [-0.3, -0.25) is 9.59 Å². The van der Waals surface area contributed by atoms with Crippen LogP contribution in [0, 0.1) is 11.8 Å². The topological polar surface area (TPSA) is 72.8 Å². The van der Waals surface area contributed by atoms with Gasteiger partial charge in [0.1, 0.15) is 5.75 Å². The number of methoxy groups -OCH3 is 1. The first kappa shape index (κ1) is 29.2. The molecule has 0 aliphatic rings. The number of hydrogen-bond donors (Lipinski definition) is 1. The van der Waals surface area contributed by atoms with Gasteiger partial charge in [-0.25, -0.2) is 0 Å². The van der Waals surface area contributed by atoms with Crippen LogP contribution in [0.4, 0.5) is 0 Å². The van der Waals surface area contributed by atoms with Gasteiger partial charge >= 0.3 is 11.9 Å². The lowest BCUT2D eigenvalue weighted by Gasteiger charge is -2.22. The molecular formula is C31H42O5. The zero-order valence-electron chi connectivity index (χ0n) is 21.9. The van der Waals surface area contributed by atoms with Crippen molar-refractivity contribution < 1.29 is 24.2 Å². The molecule has 2 atom stereocenters. The molecule has 0 bridgehead atoms. The fourth-order valence-corrected chi connectivity index (χ4v) is 4.28. The molecular weight excluding hydrogens is 452 g/mol. The highest BCUT2D eigenvalue weighted by Crippen LogP contribution is 2.26. The molecule has 0 aliphatic heterocycles. The Labute approximate surface area is 216 Å². The Morgan fingerprint density at radius 1 is 0.889 bits per heavy atom. The Bertz CT molecular complexity index is 904. The fraction of sp³-hybridized carbons (Fsp3) is 0.484. The van der Waals surface area contributed by atoms with E-state index >= 15 is 0 Å². The number of hydrogen-bond acceptors (Lipinski definition) is 4. The lowest BCUT2D eigenvalue weighted by atomic mass is 9.85. The van der Waals surface area contributed by atoms with Gasteiger partial charge in [-0.05, 0) is 55.4 Å². The number of carboxylic acid groups (broad SMARTS) is 1. The van der Waals surface area contributed by atoms with Crippen molar-refractivity contribution in [3.05, 3.63) is 71.8 Å². The molecule has 0 heterocycles. The van der Waals surface area contributed by atoms with Crippen LogP contribution >= 0.6 is 0 Å². The Balaban J connectivity index is 1.89. The van der Waals surface area contributed by atoms with Gasteiger partial charge in [-0.1, -0.05) is 93.6 Å². The molecule has 0 radical (unpaired) electrons. The van der Waals surface area contributed by atoms with E-state index in [1.165, 1.54) is 5.56 Å². The van der Waals surface area contributed by atoms with Crippen LogP contribution in [0.5, 0.6) is 5.75 Å². The number of esters is 1. The molecule has 5 nitrogen and oxygen atoms in total. The molecule has 36 heavy (non-hydrogen) atoms. The van der Waals surface area contributed by atoms with E-state index in [9.17, 15) is 14.7 Å². The maximum Gasteiger partial charge on any atom is 0.309 e. The summed E-state index contributed by atoms with van der Waals surface area (Å²) in [6, 6.07) is 18.0. The lowest BCUT2D eigenvalue weighted by molar-refractivity contribution is -0.158. The van der Waals surface area contributed by atoms with E-state index < -0.39 is 17.8 Å². The van der Waals surface area contributed by atoms with E-state index in [2.05, 4.69) is 24.3 Å². The second-order valence-electron chi connectivity index (χ2n) is 9.28. The molecule has 2 aromatic carbocycles. The predicted molar refractivity (Wildman–Crippen MR) is 145 cm³/mol. The van der Waals surface area contributed by atoms with E-state index in [0.29, 0.717) is 13.0 Å². The number of carbonyl (C=O) groups is 2. The summed E-state index contributed by atoms with van der Waals surface area (Å²) in [6.45, 7) is 2.38. The van der Waals surface area contributed by atoms with Crippen molar-refractivity contribution in [2.24, 2.45) is 11.8 Å². The highest BCUT2D eigenvalue weighted by molar-refractivity contribution is 5.81. The van der Waals surface area contributed by atoms with Crippen LogP contribution < -0.4 is 4.74 Å². The van der Waals surface area contributed by atoms with Crippen molar-refractivity contribution in [3.8, 4) is 5.75 Å². The van der Waals surface area contributed by atoms with Gasteiger partial charge < -0.3 is 14.6 Å². The third-order valence-electron chi connectivity index (χ3n) is 6.49. The van der Waals surface area contributed by atoms with Crippen molar-refractivity contribution in [1.82, 2.24) is 0 Å². The van der Waals surface area contributed by atoms with Gasteiger partial charge in [0.05, 0.1) is 25.6 Å². The maximum absolute atomic E-state index is 12.9. The molecule has 2 rings (SSSR count). The Morgan fingerprint density at radius 2 is 1.58 bits per heavy atom. The van der Waals surface area contributed by atoms with Gasteiger partial charge in [0, 0.05) is 0 Å². The number of ether oxygens (including phenoxy) is 2. The van der Waals surface area contributed by atoms with E-state index in [0.717, 1.165) is 62.7 Å². The van der Waals surface area contributed by atoms with Gasteiger partial charge in [0.15, 0.2) is 0 Å². The Hall–Kier alpha value is -3.08. The second kappa shape index (κ2) is 17.4. The minimum absolute atomic E-state index is 0.284. The summed E-state index contributed by atoms with van der Waals surface area (Å²) < 4.78 is 10.6. The summed E-state index contributed by atoms with van der Waals surface area (Å²) in [6.07, 6.45) is 12.5. The molecule has 0 fully saturated rings. The van der Waals surface area contributed by atoms with Crippen LogP contribution in [-0.4, -0.2) is 30.8 Å². The molecule has 196 valence electrons. The second-order valence-corrected chi connectivity index (χ2v) is 9.28. The van der Waals surface area contributed by atoms with Gasteiger partial charge in [0.2, 0.25) is 0 Å². The number of aryl methyl sites for hydroxylation is 1. The zero-order valence-corrected chi connectivity index (χ0v) is 21.9. The Morgan fingerprint density at radius 3 is 2.25 bits per heavy atom. The summed E-state index contributed by atoms with van der Waals surface area (Å²) in [5.74, 6) is -1.99. The molecule has 0 saturated heterocycles. The summed E-state index contributed by atoms with van der Waals surface area (Å²) in [5, 5.41) is 9.95. The fourth-order valence-electron chi connectivity index (χ4n) is 4.28. The Kier molecular flexibility index (Phi) is 14.1.